The average Bonchev–Trinajstić information content (AvgIpc) is 3.66. The molecule has 2 aromatic heterocycles. The summed E-state index contributed by atoms with van der Waals surface area (Å²) in [6, 6.07) is 52.5. The molecule has 1 atom stereocenters. The highest BCUT2D eigenvalue weighted by atomic mass is 32.1. The van der Waals surface area contributed by atoms with Gasteiger partial charge >= 0.3 is 0 Å². The minimum absolute atomic E-state index is 0.292. The second kappa shape index (κ2) is 14.2. The van der Waals surface area contributed by atoms with E-state index in [1.54, 1.807) is 11.3 Å². The Labute approximate surface area is 323 Å². The lowest BCUT2D eigenvalue weighted by molar-refractivity contribution is 0.674. The second-order valence-corrected chi connectivity index (χ2v) is 14.7. The van der Waals surface area contributed by atoms with Crippen molar-refractivity contribution in [3.63, 3.8) is 0 Å². The fraction of sp³-hybridized carbons (Fsp3) is 0.0625. The van der Waals surface area contributed by atoms with Crippen molar-refractivity contribution in [2.45, 2.75) is 19.0 Å². The molecule has 0 amide bonds. The molecule has 10 rings (SSSR count). The Morgan fingerprint density at radius 2 is 1.25 bits per heavy atom. The standard InChI is InChI=1S/C48H34N6S/c1-5-15-31(16-6-1)35-23-13-24-36(29-35)46-50-43(32-17-7-2-8-18-32)51-47(52-46)37-27-28-38-41(30-37)55-40-26-14-25-39(42(38)40)48-53-44(33-19-9-3-10-20-33)49-45(54-48)34-21-11-4-12-22-34/h1-3,5-11,13-30,43H,4,12H2,(H,50,51,52). The quantitative estimate of drug-likeness (QED) is 0.177. The number of rotatable bonds is 7. The van der Waals surface area contributed by atoms with Gasteiger partial charge in [0.25, 0.3) is 0 Å². The van der Waals surface area contributed by atoms with Crippen molar-refractivity contribution in [2.75, 3.05) is 0 Å². The van der Waals surface area contributed by atoms with Crippen LogP contribution in [0.4, 0.5) is 0 Å². The second-order valence-electron chi connectivity index (χ2n) is 13.6. The van der Waals surface area contributed by atoms with Crippen molar-refractivity contribution in [1.82, 2.24) is 20.3 Å². The van der Waals surface area contributed by atoms with E-state index in [2.05, 4.69) is 145 Å². The summed E-state index contributed by atoms with van der Waals surface area (Å²) in [5.74, 6) is 3.50. The number of benzene rings is 6. The first-order chi connectivity index (χ1) is 27.2. The molecule has 1 N–H and O–H groups in total. The van der Waals surface area contributed by atoms with E-state index in [1.165, 1.54) is 4.70 Å². The summed E-state index contributed by atoms with van der Waals surface area (Å²) in [7, 11) is 0. The number of hydrogen-bond donors (Lipinski definition) is 1. The van der Waals surface area contributed by atoms with Crippen LogP contribution in [0, 0.1) is 0 Å². The zero-order chi connectivity index (χ0) is 36.6. The number of aliphatic imine (C=N–C) groups is 2. The third-order valence-electron chi connectivity index (χ3n) is 10.0. The molecule has 0 spiro atoms. The molecular formula is C48H34N6S. The molecule has 1 aliphatic carbocycles. The molecule has 0 fully saturated rings. The van der Waals surface area contributed by atoms with Crippen LogP contribution >= 0.6 is 11.3 Å². The topological polar surface area (TPSA) is 75.4 Å². The van der Waals surface area contributed by atoms with Crippen molar-refractivity contribution in [1.29, 1.82) is 0 Å². The summed E-state index contributed by atoms with van der Waals surface area (Å²) in [4.78, 5) is 25.5. The summed E-state index contributed by atoms with van der Waals surface area (Å²) in [6.45, 7) is 0. The monoisotopic (exact) mass is 726 g/mol. The van der Waals surface area contributed by atoms with Crippen LogP contribution in [0.1, 0.15) is 41.5 Å². The van der Waals surface area contributed by atoms with Gasteiger partial charge in [0.2, 0.25) is 0 Å². The van der Waals surface area contributed by atoms with E-state index < -0.39 is 0 Å². The van der Waals surface area contributed by atoms with E-state index in [-0.39, 0.29) is 6.17 Å². The number of allylic oxidation sites excluding steroid dienone is 4. The normalized spacial score (nSPS) is 15.3. The van der Waals surface area contributed by atoms with Gasteiger partial charge in [0, 0.05) is 48.0 Å². The lowest BCUT2D eigenvalue weighted by Gasteiger charge is -2.24. The number of aromatic nitrogens is 3. The van der Waals surface area contributed by atoms with Crippen LogP contribution in [0.25, 0.3) is 59.6 Å². The fourth-order valence-electron chi connectivity index (χ4n) is 7.28. The molecule has 0 radical (unpaired) electrons. The molecular weight excluding hydrogens is 693 g/mol. The van der Waals surface area contributed by atoms with Crippen molar-refractivity contribution < 1.29 is 0 Å². The van der Waals surface area contributed by atoms with Crippen molar-refractivity contribution in [3.8, 4) is 33.9 Å². The van der Waals surface area contributed by atoms with Gasteiger partial charge in [0.05, 0.1) is 0 Å². The molecule has 0 saturated heterocycles. The molecule has 1 aliphatic heterocycles. The molecule has 0 saturated carbocycles. The van der Waals surface area contributed by atoms with Crippen LogP contribution < -0.4 is 5.32 Å². The molecule has 55 heavy (non-hydrogen) atoms. The van der Waals surface area contributed by atoms with Gasteiger partial charge in [-0.05, 0) is 47.7 Å². The van der Waals surface area contributed by atoms with Crippen LogP contribution in [0.5, 0.6) is 0 Å². The predicted octanol–water partition coefficient (Wildman–Crippen LogP) is 11.5. The van der Waals surface area contributed by atoms with Crippen LogP contribution in [-0.4, -0.2) is 26.6 Å². The van der Waals surface area contributed by atoms with Gasteiger partial charge in [0.15, 0.2) is 23.3 Å². The Kier molecular flexibility index (Phi) is 8.46. The minimum Gasteiger partial charge on any atom is -0.344 e. The SMILES string of the molecule is C1=CC(c2nc(-c3ccccc3)nc(-c3cccc4sc5cc(C6=NC(c7ccccc7)NC(c7cccc(-c8ccccc8)c7)=N6)ccc5c34)n2)=CCC1. The lowest BCUT2D eigenvalue weighted by Crippen LogP contribution is -2.33. The molecule has 262 valence electrons. The summed E-state index contributed by atoms with van der Waals surface area (Å²) in [6.07, 6.45) is 8.24. The van der Waals surface area contributed by atoms with Gasteiger partial charge < -0.3 is 5.32 Å². The van der Waals surface area contributed by atoms with Crippen molar-refractivity contribution >= 4 is 48.8 Å². The average molecular weight is 727 g/mol. The Balaban J connectivity index is 1.09. The van der Waals surface area contributed by atoms with E-state index >= 15 is 0 Å². The first-order valence-corrected chi connectivity index (χ1v) is 19.3. The Morgan fingerprint density at radius 3 is 2.05 bits per heavy atom. The van der Waals surface area contributed by atoms with Crippen LogP contribution in [0.3, 0.4) is 0 Å². The highest BCUT2D eigenvalue weighted by molar-refractivity contribution is 7.26. The number of fused-ring (bicyclic) bond motifs is 3. The summed E-state index contributed by atoms with van der Waals surface area (Å²) in [5, 5.41) is 5.91. The highest BCUT2D eigenvalue weighted by Crippen LogP contribution is 2.40. The Morgan fingerprint density at radius 1 is 0.545 bits per heavy atom. The van der Waals surface area contributed by atoms with Gasteiger partial charge in [-0.2, -0.15) is 0 Å². The smallest absolute Gasteiger partial charge is 0.164 e. The number of hydrogen-bond acceptors (Lipinski definition) is 7. The van der Waals surface area contributed by atoms with Crippen LogP contribution in [0.15, 0.2) is 180 Å². The lowest BCUT2D eigenvalue weighted by atomic mass is 10.0. The first kappa shape index (κ1) is 32.8. The summed E-state index contributed by atoms with van der Waals surface area (Å²) >= 11 is 1.76. The van der Waals surface area contributed by atoms with Gasteiger partial charge in [-0.3, -0.25) is 0 Å². The van der Waals surface area contributed by atoms with E-state index in [9.17, 15) is 0 Å². The van der Waals surface area contributed by atoms with E-state index in [1.807, 2.05) is 30.3 Å². The zero-order valence-corrected chi connectivity index (χ0v) is 30.6. The minimum atomic E-state index is -0.292. The first-order valence-electron chi connectivity index (χ1n) is 18.5. The number of nitrogens with zero attached hydrogens (tertiary/aromatic N) is 5. The van der Waals surface area contributed by atoms with Gasteiger partial charge in [-0.25, -0.2) is 24.9 Å². The molecule has 8 aromatic rings. The Hall–Kier alpha value is -6.83. The van der Waals surface area contributed by atoms with E-state index in [4.69, 9.17) is 24.9 Å². The van der Waals surface area contributed by atoms with Gasteiger partial charge in [-0.15, -0.1) is 11.3 Å². The third-order valence-corrected chi connectivity index (χ3v) is 11.1. The van der Waals surface area contributed by atoms with E-state index in [0.717, 1.165) is 78.7 Å². The van der Waals surface area contributed by atoms with E-state index in [0.29, 0.717) is 23.3 Å². The van der Waals surface area contributed by atoms with Gasteiger partial charge in [0.1, 0.15) is 12.0 Å². The maximum absolute atomic E-state index is 5.18. The maximum Gasteiger partial charge on any atom is 0.164 e. The van der Waals surface area contributed by atoms with Gasteiger partial charge in [-0.1, -0.05) is 152 Å². The van der Waals surface area contributed by atoms with Crippen LogP contribution in [-0.2, 0) is 0 Å². The molecule has 2 aliphatic rings. The summed E-state index contributed by atoms with van der Waals surface area (Å²) < 4.78 is 2.32. The zero-order valence-electron chi connectivity index (χ0n) is 29.8. The molecule has 0 bridgehead atoms. The third kappa shape index (κ3) is 6.45. The largest absolute Gasteiger partial charge is 0.344 e. The summed E-state index contributed by atoms with van der Waals surface area (Å²) in [5.41, 5.74) is 8.32. The molecule has 1 unspecified atom stereocenters. The van der Waals surface area contributed by atoms with Crippen molar-refractivity contribution in [3.05, 3.63) is 192 Å². The Bertz CT molecular complexity index is 2840. The number of amidine groups is 2. The highest BCUT2D eigenvalue weighted by Gasteiger charge is 2.23. The number of thiophene rings is 1. The number of nitrogens with one attached hydrogen (secondary N) is 1. The fourth-order valence-corrected chi connectivity index (χ4v) is 8.45. The maximum atomic E-state index is 5.18. The predicted molar refractivity (Wildman–Crippen MR) is 227 cm³/mol. The molecule has 6 nitrogen and oxygen atoms in total. The molecule has 3 heterocycles. The molecule has 6 aromatic carbocycles. The van der Waals surface area contributed by atoms with Crippen molar-refractivity contribution in [2.24, 2.45) is 9.98 Å². The van der Waals surface area contributed by atoms with Crippen LogP contribution in [0.2, 0.25) is 0 Å². The molecule has 7 heteroatoms.